The SMILES string of the molecule is O=C(Cc1ccc(F)cc1)N[C@@H]1CCCc2c1cnn2Cc1ccccc1. The van der Waals surface area contributed by atoms with Gasteiger partial charge in [-0.2, -0.15) is 5.10 Å². The second kappa shape index (κ2) is 7.74. The summed E-state index contributed by atoms with van der Waals surface area (Å²) in [6.07, 6.45) is 5.06. The third kappa shape index (κ3) is 4.08. The van der Waals surface area contributed by atoms with Gasteiger partial charge >= 0.3 is 0 Å². The first-order valence-corrected chi connectivity index (χ1v) is 9.31. The van der Waals surface area contributed by atoms with Crippen LogP contribution in [0.4, 0.5) is 4.39 Å². The molecule has 1 atom stereocenters. The van der Waals surface area contributed by atoms with Gasteiger partial charge in [-0.15, -0.1) is 0 Å². The van der Waals surface area contributed by atoms with Crippen LogP contribution in [0.3, 0.4) is 0 Å². The van der Waals surface area contributed by atoms with Crippen molar-refractivity contribution in [3.8, 4) is 0 Å². The predicted molar refractivity (Wildman–Crippen MR) is 102 cm³/mol. The van der Waals surface area contributed by atoms with Crippen LogP contribution in [-0.2, 0) is 24.2 Å². The zero-order chi connectivity index (χ0) is 18.6. The number of fused-ring (bicyclic) bond motifs is 1. The molecule has 1 amide bonds. The van der Waals surface area contributed by atoms with Crippen molar-refractivity contribution in [3.63, 3.8) is 0 Å². The minimum absolute atomic E-state index is 0.00813. The van der Waals surface area contributed by atoms with Gasteiger partial charge < -0.3 is 5.32 Å². The molecule has 27 heavy (non-hydrogen) atoms. The van der Waals surface area contributed by atoms with Crippen LogP contribution >= 0.6 is 0 Å². The fourth-order valence-electron chi connectivity index (χ4n) is 3.69. The van der Waals surface area contributed by atoms with E-state index in [1.165, 1.54) is 23.4 Å². The fourth-order valence-corrected chi connectivity index (χ4v) is 3.69. The summed E-state index contributed by atoms with van der Waals surface area (Å²) < 4.78 is 15.1. The van der Waals surface area contributed by atoms with Gasteiger partial charge in [0.2, 0.25) is 5.91 Å². The summed E-state index contributed by atoms with van der Waals surface area (Å²) in [7, 11) is 0. The molecule has 3 aromatic rings. The second-order valence-electron chi connectivity index (χ2n) is 7.01. The van der Waals surface area contributed by atoms with Gasteiger partial charge in [-0.05, 0) is 42.5 Å². The number of hydrogen-bond donors (Lipinski definition) is 1. The molecular formula is C22H22FN3O. The van der Waals surface area contributed by atoms with Crippen molar-refractivity contribution >= 4 is 5.91 Å². The van der Waals surface area contributed by atoms with Crippen LogP contribution in [0.1, 0.15) is 41.3 Å². The maximum Gasteiger partial charge on any atom is 0.224 e. The molecule has 0 saturated heterocycles. The molecule has 4 nitrogen and oxygen atoms in total. The Bertz CT molecular complexity index is 918. The van der Waals surface area contributed by atoms with E-state index in [0.717, 1.165) is 36.9 Å². The number of nitrogens with one attached hydrogen (secondary N) is 1. The number of aromatic nitrogens is 2. The molecule has 0 radical (unpaired) electrons. The van der Waals surface area contributed by atoms with Crippen LogP contribution in [0.5, 0.6) is 0 Å². The van der Waals surface area contributed by atoms with Gasteiger partial charge in [0.1, 0.15) is 5.82 Å². The van der Waals surface area contributed by atoms with Gasteiger partial charge in [-0.3, -0.25) is 9.48 Å². The molecule has 0 fully saturated rings. The largest absolute Gasteiger partial charge is 0.349 e. The summed E-state index contributed by atoms with van der Waals surface area (Å²) in [6.45, 7) is 0.742. The average Bonchev–Trinajstić information content (AvgIpc) is 3.08. The van der Waals surface area contributed by atoms with E-state index < -0.39 is 0 Å². The van der Waals surface area contributed by atoms with E-state index in [4.69, 9.17) is 0 Å². The van der Waals surface area contributed by atoms with Crippen molar-refractivity contribution in [1.29, 1.82) is 0 Å². The van der Waals surface area contributed by atoms with Crippen molar-refractivity contribution in [2.45, 2.75) is 38.3 Å². The molecule has 0 spiro atoms. The highest BCUT2D eigenvalue weighted by Gasteiger charge is 2.25. The zero-order valence-electron chi connectivity index (χ0n) is 15.1. The molecule has 0 unspecified atom stereocenters. The first-order chi connectivity index (χ1) is 13.2. The molecule has 138 valence electrons. The summed E-state index contributed by atoms with van der Waals surface area (Å²) in [6, 6.07) is 16.3. The molecule has 2 aromatic carbocycles. The molecule has 1 heterocycles. The Labute approximate surface area is 158 Å². The van der Waals surface area contributed by atoms with Gasteiger partial charge in [0.05, 0.1) is 25.2 Å². The molecule has 0 aliphatic heterocycles. The van der Waals surface area contributed by atoms with Crippen LogP contribution in [0.15, 0.2) is 60.8 Å². The molecule has 1 N–H and O–H groups in total. The second-order valence-corrected chi connectivity index (χ2v) is 7.01. The topological polar surface area (TPSA) is 46.9 Å². The smallest absolute Gasteiger partial charge is 0.224 e. The number of nitrogens with zero attached hydrogens (tertiary/aromatic N) is 2. The van der Waals surface area contributed by atoms with Gasteiger partial charge in [0.15, 0.2) is 0 Å². The maximum atomic E-state index is 13.0. The van der Waals surface area contributed by atoms with E-state index >= 15 is 0 Å². The summed E-state index contributed by atoms with van der Waals surface area (Å²) >= 11 is 0. The van der Waals surface area contributed by atoms with E-state index in [2.05, 4.69) is 22.5 Å². The van der Waals surface area contributed by atoms with Crippen molar-refractivity contribution in [1.82, 2.24) is 15.1 Å². The first kappa shape index (κ1) is 17.5. The van der Waals surface area contributed by atoms with Crippen LogP contribution in [0, 0.1) is 5.82 Å². The Morgan fingerprint density at radius 3 is 2.67 bits per heavy atom. The minimum Gasteiger partial charge on any atom is -0.349 e. The maximum absolute atomic E-state index is 13.0. The van der Waals surface area contributed by atoms with E-state index in [1.807, 2.05) is 29.1 Å². The lowest BCUT2D eigenvalue weighted by molar-refractivity contribution is -0.121. The van der Waals surface area contributed by atoms with Gasteiger partial charge in [0, 0.05) is 11.3 Å². The molecular weight excluding hydrogens is 341 g/mol. The Balaban J connectivity index is 1.45. The Morgan fingerprint density at radius 2 is 1.89 bits per heavy atom. The van der Waals surface area contributed by atoms with Crippen molar-refractivity contribution in [2.24, 2.45) is 0 Å². The van der Waals surface area contributed by atoms with Gasteiger partial charge in [0.25, 0.3) is 0 Å². The summed E-state index contributed by atoms with van der Waals surface area (Å²) in [5, 5.41) is 7.70. The monoisotopic (exact) mass is 363 g/mol. The molecule has 4 rings (SSSR count). The highest BCUT2D eigenvalue weighted by molar-refractivity contribution is 5.79. The first-order valence-electron chi connectivity index (χ1n) is 9.31. The third-order valence-electron chi connectivity index (χ3n) is 5.05. The molecule has 1 aliphatic rings. The van der Waals surface area contributed by atoms with Crippen LogP contribution in [-0.4, -0.2) is 15.7 Å². The molecule has 1 aliphatic carbocycles. The quantitative estimate of drug-likeness (QED) is 0.749. The van der Waals surface area contributed by atoms with Crippen LogP contribution < -0.4 is 5.32 Å². The number of carbonyl (C=O) groups excluding carboxylic acids is 1. The van der Waals surface area contributed by atoms with Crippen molar-refractivity contribution in [3.05, 3.63) is 89.0 Å². The van der Waals surface area contributed by atoms with Crippen LogP contribution in [0.25, 0.3) is 0 Å². The molecule has 0 saturated carbocycles. The lowest BCUT2D eigenvalue weighted by Crippen LogP contribution is -2.32. The minimum atomic E-state index is -0.290. The molecule has 5 heteroatoms. The third-order valence-corrected chi connectivity index (χ3v) is 5.05. The summed E-state index contributed by atoms with van der Waals surface area (Å²) in [4.78, 5) is 12.4. The van der Waals surface area contributed by atoms with E-state index in [-0.39, 0.29) is 24.2 Å². The Kier molecular flexibility index (Phi) is 5.01. The number of carbonyl (C=O) groups is 1. The zero-order valence-corrected chi connectivity index (χ0v) is 15.1. The van der Waals surface area contributed by atoms with E-state index in [0.29, 0.717) is 0 Å². The Morgan fingerprint density at radius 1 is 1.11 bits per heavy atom. The number of hydrogen-bond acceptors (Lipinski definition) is 2. The summed E-state index contributed by atoms with van der Waals surface area (Å²) in [5.74, 6) is -0.336. The van der Waals surface area contributed by atoms with E-state index in [9.17, 15) is 9.18 Å². The number of benzene rings is 2. The van der Waals surface area contributed by atoms with Crippen molar-refractivity contribution in [2.75, 3.05) is 0 Å². The lowest BCUT2D eigenvalue weighted by Gasteiger charge is -2.24. The highest BCUT2D eigenvalue weighted by atomic mass is 19.1. The predicted octanol–water partition coefficient (Wildman–Crippen LogP) is 3.81. The van der Waals surface area contributed by atoms with Gasteiger partial charge in [-0.1, -0.05) is 42.5 Å². The summed E-state index contributed by atoms with van der Waals surface area (Å²) in [5.41, 5.74) is 4.34. The fraction of sp³-hybridized carbons (Fsp3) is 0.273. The molecule has 1 aromatic heterocycles. The van der Waals surface area contributed by atoms with Crippen molar-refractivity contribution < 1.29 is 9.18 Å². The number of rotatable bonds is 5. The number of amides is 1. The molecule has 0 bridgehead atoms. The number of halogens is 1. The highest BCUT2D eigenvalue weighted by Crippen LogP contribution is 2.30. The van der Waals surface area contributed by atoms with E-state index in [1.54, 1.807) is 12.1 Å². The standard InChI is InChI=1S/C22H22FN3O/c23-18-11-9-16(10-12-18)13-22(27)25-20-7-4-8-21-19(20)14-24-26(21)15-17-5-2-1-3-6-17/h1-3,5-6,9-12,14,20H,4,7-8,13,15H2,(H,25,27)/t20-/m1/s1. The van der Waals surface area contributed by atoms with Crippen LogP contribution in [0.2, 0.25) is 0 Å². The normalized spacial score (nSPS) is 16.0. The average molecular weight is 363 g/mol. The lowest BCUT2D eigenvalue weighted by atomic mass is 9.92. The Hall–Kier alpha value is -2.95. The van der Waals surface area contributed by atoms with Gasteiger partial charge in [-0.25, -0.2) is 4.39 Å².